The molecule has 0 heterocycles. The Morgan fingerprint density at radius 3 is 2.75 bits per heavy atom. The van der Waals surface area contributed by atoms with E-state index in [4.69, 9.17) is 10.5 Å². The van der Waals surface area contributed by atoms with E-state index in [0.29, 0.717) is 31.1 Å². The first-order valence-corrected chi connectivity index (χ1v) is 7.64. The minimum atomic E-state index is -3.47. The lowest BCUT2D eigenvalue weighted by atomic mass is 10.2. The maximum absolute atomic E-state index is 11.7. The summed E-state index contributed by atoms with van der Waals surface area (Å²) in [6.07, 6.45) is 0. The zero-order chi connectivity index (χ0) is 15.2. The van der Waals surface area contributed by atoms with Crippen LogP contribution in [0.1, 0.15) is 6.92 Å². The van der Waals surface area contributed by atoms with Crippen molar-refractivity contribution in [3.8, 4) is 0 Å². The second-order valence-electron chi connectivity index (χ2n) is 4.39. The summed E-state index contributed by atoms with van der Waals surface area (Å²) in [4.78, 5) is 0.166. The van der Waals surface area contributed by atoms with Crippen LogP contribution in [0.15, 0.2) is 35.2 Å². The fourth-order valence-corrected chi connectivity index (χ4v) is 2.23. The predicted molar refractivity (Wildman–Crippen MR) is 81.2 cm³/mol. The van der Waals surface area contributed by atoms with Crippen molar-refractivity contribution in [1.29, 1.82) is 0 Å². The van der Waals surface area contributed by atoms with Crippen LogP contribution in [0.25, 0.3) is 0 Å². The van der Waals surface area contributed by atoms with Gasteiger partial charge in [0.1, 0.15) is 0 Å². The second kappa shape index (κ2) is 7.28. The van der Waals surface area contributed by atoms with Gasteiger partial charge in [-0.3, -0.25) is 0 Å². The molecule has 7 heteroatoms. The van der Waals surface area contributed by atoms with E-state index >= 15 is 0 Å². The number of anilines is 2. The van der Waals surface area contributed by atoms with Crippen LogP contribution >= 0.6 is 0 Å². The van der Waals surface area contributed by atoms with Crippen LogP contribution in [0.4, 0.5) is 11.4 Å². The van der Waals surface area contributed by atoms with Gasteiger partial charge in [-0.15, -0.1) is 0 Å². The van der Waals surface area contributed by atoms with Crippen molar-refractivity contribution in [3.63, 3.8) is 0 Å². The second-order valence-corrected chi connectivity index (χ2v) is 6.28. The molecule has 0 aliphatic carbocycles. The van der Waals surface area contributed by atoms with E-state index < -0.39 is 10.0 Å². The number of hydrogen-bond acceptors (Lipinski definition) is 5. The van der Waals surface area contributed by atoms with E-state index in [0.717, 1.165) is 5.57 Å². The van der Waals surface area contributed by atoms with Crippen LogP contribution < -0.4 is 15.8 Å². The fourth-order valence-electron chi connectivity index (χ4n) is 1.48. The van der Waals surface area contributed by atoms with Gasteiger partial charge in [0.25, 0.3) is 0 Å². The quantitative estimate of drug-likeness (QED) is 0.381. The molecule has 0 aromatic heterocycles. The number of ether oxygens (including phenoxy) is 1. The molecule has 0 amide bonds. The average molecular weight is 299 g/mol. The number of benzene rings is 1. The van der Waals surface area contributed by atoms with Crippen LogP contribution in [0, 0.1) is 0 Å². The van der Waals surface area contributed by atoms with Gasteiger partial charge in [0.2, 0.25) is 10.0 Å². The van der Waals surface area contributed by atoms with Gasteiger partial charge >= 0.3 is 0 Å². The van der Waals surface area contributed by atoms with Gasteiger partial charge in [0.05, 0.1) is 29.5 Å². The number of hydrogen-bond donors (Lipinski definition) is 3. The SMILES string of the molecule is C=C(C)COCCNc1cc(S(=O)(=O)NC)ccc1N. The summed E-state index contributed by atoms with van der Waals surface area (Å²) in [5, 5.41) is 3.05. The third kappa shape index (κ3) is 4.84. The Morgan fingerprint density at radius 1 is 1.45 bits per heavy atom. The lowest BCUT2D eigenvalue weighted by Crippen LogP contribution is -2.19. The predicted octanol–water partition coefficient (Wildman–Crippen LogP) is 1.18. The summed E-state index contributed by atoms with van der Waals surface area (Å²) in [6, 6.07) is 4.52. The molecule has 0 bridgehead atoms. The minimum absolute atomic E-state index is 0.166. The standard InChI is InChI=1S/C13H21N3O3S/c1-10(2)9-19-7-6-16-13-8-11(4-5-12(13)14)20(17,18)15-3/h4-5,8,15-16H,1,6-7,9,14H2,2-3H3. The molecule has 1 aromatic carbocycles. The Hall–Kier alpha value is -1.57. The lowest BCUT2D eigenvalue weighted by Gasteiger charge is -2.11. The first-order chi connectivity index (χ1) is 9.36. The molecule has 0 atom stereocenters. The van der Waals surface area contributed by atoms with Crippen molar-refractivity contribution in [2.24, 2.45) is 0 Å². The first kappa shape index (κ1) is 16.5. The molecular weight excluding hydrogens is 278 g/mol. The zero-order valence-electron chi connectivity index (χ0n) is 11.8. The first-order valence-electron chi connectivity index (χ1n) is 6.16. The molecule has 6 nitrogen and oxygen atoms in total. The highest BCUT2D eigenvalue weighted by molar-refractivity contribution is 7.89. The van der Waals surface area contributed by atoms with Crippen molar-refractivity contribution in [2.45, 2.75) is 11.8 Å². The van der Waals surface area contributed by atoms with E-state index in [-0.39, 0.29) is 4.90 Å². The Kier molecular flexibility index (Phi) is 6.00. The van der Waals surface area contributed by atoms with E-state index in [1.54, 1.807) is 6.07 Å². The number of nitrogens with one attached hydrogen (secondary N) is 2. The summed E-state index contributed by atoms with van der Waals surface area (Å²) in [5.74, 6) is 0. The molecular formula is C13H21N3O3S. The van der Waals surface area contributed by atoms with Crippen LogP contribution in [-0.4, -0.2) is 35.2 Å². The lowest BCUT2D eigenvalue weighted by molar-refractivity contribution is 0.167. The zero-order valence-corrected chi connectivity index (χ0v) is 12.6. The van der Waals surface area contributed by atoms with Crippen LogP contribution in [0.5, 0.6) is 0 Å². The van der Waals surface area contributed by atoms with Crippen molar-refractivity contribution in [1.82, 2.24) is 4.72 Å². The summed E-state index contributed by atoms with van der Waals surface area (Å²) in [7, 11) is -2.11. The molecule has 0 saturated heterocycles. The molecule has 112 valence electrons. The van der Waals surface area contributed by atoms with Gasteiger partial charge in [0.15, 0.2) is 0 Å². The van der Waals surface area contributed by atoms with Gasteiger partial charge in [-0.1, -0.05) is 12.2 Å². The Morgan fingerprint density at radius 2 is 2.15 bits per heavy atom. The summed E-state index contributed by atoms with van der Waals surface area (Å²) in [5.41, 5.74) is 7.81. The molecule has 0 fully saturated rings. The smallest absolute Gasteiger partial charge is 0.240 e. The fraction of sp³-hybridized carbons (Fsp3) is 0.385. The molecule has 0 radical (unpaired) electrons. The van der Waals surface area contributed by atoms with E-state index in [1.807, 2.05) is 6.92 Å². The molecule has 0 spiro atoms. The molecule has 1 rings (SSSR count). The largest absolute Gasteiger partial charge is 0.397 e. The third-order valence-corrected chi connectivity index (χ3v) is 3.93. The van der Waals surface area contributed by atoms with Gasteiger partial charge in [-0.2, -0.15) is 0 Å². The van der Waals surface area contributed by atoms with Crippen molar-refractivity contribution in [3.05, 3.63) is 30.4 Å². The summed E-state index contributed by atoms with van der Waals surface area (Å²) < 4.78 is 31.0. The number of rotatable bonds is 8. The normalized spacial score (nSPS) is 11.3. The molecule has 0 aliphatic rings. The monoisotopic (exact) mass is 299 g/mol. The van der Waals surface area contributed by atoms with Crippen molar-refractivity contribution >= 4 is 21.4 Å². The van der Waals surface area contributed by atoms with Gasteiger partial charge in [0, 0.05) is 6.54 Å². The number of nitrogens with two attached hydrogens (primary N) is 1. The van der Waals surface area contributed by atoms with Gasteiger partial charge < -0.3 is 15.8 Å². The van der Waals surface area contributed by atoms with E-state index in [1.165, 1.54) is 19.2 Å². The van der Waals surface area contributed by atoms with Crippen molar-refractivity contribution in [2.75, 3.05) is 37.9 Å². The molecule has 1 aromatic rings. The number of sulfonamides is 1. The average Bonchev–Trinajstić information content (AvgIpc) is 2.39. The van der Waals surface area contributed by atoms with E-state index in [2.05, 4.69) is 16.6 Å². The van der Waals surface area contributed by atoms with Crippen LogP contribution in [-0.2, 0) is 14.8 Å². The van der Waals surface area contributed by atoms with Gasteiger partial charge in [-0.25, -0.2) is 13.1 Å². The molecule has 20 heavy (non-hydrogen) atoms. The van der Waals surface area contributed by atoms with E-state index in [9.17, 15) is 8.42 Å². The summed E-state index contributed by atoms with van der Waals surface area (Å²) in [6.45, 7) is 7.14. The Bertz CT molecular complexity index is 570. The highest BCUT2D eigenvalue weighted by atomic mass is 32.2. The Labute approximate surface area is 120 Å². The van der Waals surface area contributed by atoms with Gasteiger partial charge in [-0.05, 0) is 32.2 Å². The highest BCUT2D eigenvalue weighted by Gasteiger charge is 2.12. The molecule has 0 unspecified atom stereocenters. The van der Waals surface area contributed by atoms with Crippen molar-refractivity contribution < 1.29 is 13.2 Å². The molecule has 0 saturated carbocycles. The molecule has 4 N–H and O–H groups in total. The highest BCUT2D eigenvalue weighted by Crippen LogP contribution is 2.22. The summed E-state index contributed by atoms with van der Waals surface area (Å²) >= 11 is 0. The van der Waals surface area contributed by atoms with Crippen LogP contribution in [0.2, 0.25) is 0 Å². The van der Waals surface area contributed by atoms with Crippen LogP contribution in [0.3, 0.4) is 0 Å². The minimum Gasteiger partial charge on any atom is -0.397 e. The topological polar surface area (TPSA) is 93.4 Å². The maximum atomic E-state index is 11.7. The maximum Gasteiger partial charge on any atom is 0.240 e. The molecule has 0 aliphatic heterocycles. The Balaban J connectivity index is 2.66. The number of nitrogen functional groups attached to an aromatic ring is 1. The third-order valence-electron chi connectivity index (χ3n) is 2.51.